The van der Waals surface area contributed by atoms with Gasteiger partial charge in [-0.05, 0) is 105 Å². The number of aliphatic hydroxyl groups excluding tert-OH is 6. The number of aliphatic hydroxyl groups is 6. The molecule has 51 heavy (non-hydrogen) atoms. The van der Waals surface area contributed by atoms with Crippen molar-refractivity contribution in [1.82, 2.24) is 5.32 Å². The van der Waals surface area contributed by atoms with Crippen LogP contribution >= 0.6 is 0 Å². The highest BCUT2D eigenvalue weighted by molar-refractivity contribution is 5.26. The molecule has 8 aliphatic rings. The van der Waals surface area contributed by atoms with E-state index in [2.05, 4.69) is 39.1 Å². The third-order valence-electron chi connectivity index (χ3n) is 15.8. The average molecular weight is 722 g/mol. The zero-order chi connectivity index (χ0) is 36.2. The van der Waals surface area contributed by atoms with Gasteiger partial charge in [-0.15, -0.1) is 0 Å². The van der Waals surface area contributed by atoms with Gasteiger partial charge >= 0.3 is 0 Å². The Morgan fingerprint density at radius 3 is 2.35 bits per heavy atom. The lowest BCUT2D eigenvalue weighted by molar-refractivity contribution is -0.369. The fourth-order valence-corrected chi connectivity index (χ4v) is 12.7. The number of fused-ring (bicyclic) bond motifs is 7. The van der Waals surface area contributed by atoms with Crippen LogP contribution in [0.1, 0.15) is 92.4 Å². The third kappa shape index (κ3) is 5.84. The lowest BCUT2D eigenvalue weighted by Gasteiger charge is -2.59. The first kappa shape index (κ1) is 37.2. The zero-order valence-corrected chi connectivity index (χ0v) is 31.0. The summed E-state index contributed by atoms with van der Waals surface area (Å²) in [5.41, 5.74) is 1.61. The van der Waals surface area contributed by atoms with E-state index in [4.69, 9.17) is 23.7 Å². The summed E-state index contributed by atoms with van der Waals surface area (Å²) < 4.78 is 31.2. The summed E-state index contributed by atoms with van der Waals surface area (Å²) in [6.07, 6.45) is -1.26. The molecule has 21 atom stereocenters. The lowest BCUT2D eigenvalue weighted by Crippen LogP contribution is -2.64. The molecule has 290 valence electrons. The fraction of sp³-hybridized carbons (Fsp3) is 0.949. The van der Waals surface area contributed by atoms with Gasteiger partial charge in [-0.25, -0.2) is 0 Å². The number of rotatable bonds is 5. The molecule has 4 aliphatic carbocycles. The van der Waals surface area contributed by atoms with Crippen LogP contribution in [-0.2, 0) is 23.7 Å². The average Bonchev–Trinajstić information content (AvgIpc) is 3.56. The van der Waals surface area contributed by atoms with Gasteiger partial charge in [0.2, 0.25) is 0 Å². The number of ether oxygens (including phenoxy) is 5. The molecule has 0 aromatic rings. The molecular formula is C39H63NO11. The Morgan fingerprint density at radius 2 is 1.63 bits per heavy atom. The van der Waals surface area contributed by atoms with Gasteiger partial charge in [-0.3, -0.25) is 5.32 Å². The maximum Gasteiger partial charge on any atom is 0.187 e. The zero-order valence-electron chi connectivity index (χ0n) is 31.0. The van der Waals surface area contributed by atoms with Crippen LogP contribution in [0.25, 0.3) is 0 Å². The Kier molecular flexibility index (Phi) is 9.83. The van der Waals surface area contributed by atoms with Crippen molar-refractivity contribution in [2.24, 2.45) is 46.3 Å². The van der Waals surface area contributed by atoms with Crippen LogP contribution in [0.4, 0.5) is 0 Å². The molecule has 12 nitrogen and oxygen atoms in total. The van der Waals surface area contributed by atoms with E-state index in [1.54, 1.807) is 6.92 Å². The van der Waals surface area contributed by atoms with Crippen molar-refractivity contribution in [3.8, 4) is 0 Å². The first-order chi connectivity index (χ1) is 24.2. The van der Waals surface area contributed by atoms with Crippen molar-refractivity contribution in [1.29, 1.82) is 0 Å². The maximum atomic E-state index is 11.1. The number of hydrogen-bond donors (Lipinski definition) is 7. The van der Waals surface area contributed by atoms with Gasteiger partial charge in [0.15, 0.2) is 12.6 Å². The summed E-state index contributed by atoms with van der Waals surface area (Å²) in [5.74, 6) is 3.68. The van der Waals surface area contributed by atoms with Crippen molar-refractivity contribution in [2.75, 3.05) is 13.2 Å². The molecule has 0 amide bonds. The fourth-order valence-electron chi connectivity index (χ4n) is 12.7. The Labute approximate surface area is 302 Å². The summed E-state index contributed by atoms with van der Waals surface area (Å²) >= 11 is 0. The van der Waals surface area contributed by atoms with E-state index in [0.717, 1.165) is 38.6 Å². The third-order valence-corrected chi connectivity index (χ3v) is 15.8. The van der Waals surface area contributed by atoms with E-state index in [0.29, 0.717) is 48.0 Å². The van der Waals surface area contributed by atoms with Crippen LogP contribution in [0, 0.1) is 46.3 Å². The number of nitrogens with one attached hydrogen (secondary N) is 1. The van der Waals surface area contributed by atoms with E-state index in [1.165, 1.54) is 24.8 Å². The second-order valence-corrected chi connectivity index (χ2v) is 18.4. The summed E-state index contributed by atoms with van der Waals surface area (Å²) in [6.45, 7) is 11.9. The standard InChI is InChI=1S/C39H63NO11/c1-18-8-13-39(40-16-18)19(2)28-26(51-39)15-25-23-7-6-21-14-22(9-11-37(21,4)24(23)10-12-38(25,28)5)48-36-34(32(45)30(43)27(17-41)49-36)50-35-33(46)31(44)29(42)20(3)47-35/h6,18-20,22-36,40-46H,7-17H2,1-5H3/t18-,19-,20+,22+,23-,24-,25+,26-,27+,28-,29+,30+,31-,32-,33+,34+,35-,36+,37+,38-,39+/m1/s1. The second kappa shape index (κ2) is 13.5. The Hall–Kier alpha value is -0.740. The highest BCUT2D eigenvalue weighted by Crippen LogP contribution is 2.70. The number of piperidine rings is 1. The molecule has 0 bridgehead atoms. The van der Waals surface area contributed by atoms with Crippen LogP contribution in [0.2, 0.25) is 0 Å². The van der Waals surface area contributed by atoms with E-state index in [9.17, 15) is 30.6 Å². The molecule has 0 aromatic heterocycles. The van der Waals surface area contributed by atoms with Gasteiger partial charge in [0.25, 0.3) is 0 Å². The maximum absolute atomic E-state index is 11.1. The topological polar surface area (TPSA) is 180 Å². The first-order valence-corrected chi connectivity index (χ1v) is 20.0. The largest absolute Gasteiger partial charge is 0.394 e. The number of allylic oxidation sites excluding steroid dienone is 1. The van der Waals surface area contributed by atoms with Crippen molar-refractivity contribution in [3.05, 3.63) is 11.6 Å². The van der Waals surface area contributed by atoms with Crippen molar-refractivity contribution in [3.63, 3.8) is 0 Å². The molecule has 3 saturated carbocycles. The summed E-state index contributed by atoms with van der Waals surface area (Å²) in [4.78, 5) is 0. The highest BCUT2D eigenvalue weighted by atomic mass is 16.8. The molecule has 7 fully saturated rings. The first-order valence-electron chi connectivity index (χ1n) is 20.0. The van der Waals surface area contributed by atoms with Gasteiger partial charge in [0.1, 0.15) is 48.5 Å². The summed E-state index contributed by atoms with van der Waals surface area (Å²) in [6, 6.07) is 0. The molecule has 1 spiro atoms. The molecule has 4 saturated heterocycles. The molecule has 4 aliphatic heterocycles. The minimum atomic E-state index is -1.60. The van der Waals surface area contributed by atoms with Crippen molar-refractivity contribution < 1.29 is 54.3 Å². The van der Waals surface area contributed by atoms with E-state index in [-0.39, 0.29) is 22.7 Å². The normalized spacial score (nSPS) is 58.4. The second-order valence-electron chi connectivity index (χ2n) is 18.4. The summed E-state index contributed by atoms with van der Waals surface area (Å²) in [5, 5.41) is 66.8. The highest BCUT2D eigenvalue weighted by Gasteiger charge is 2.68. The van der Waals surface area contributed by atoms with E-state index < -0.39 is 68.0 Å². The lowest BCUT2D eigenvalue weighted by atomic mass is 9.47. The van der Waals surface area contributed by atoms with Crippen LogP contribution in [0.15, 0.2) is 11.6 Å². The van der Waals surface area contributed by atoms with E-state index in [1.807, 2.05) is 0 Å². The summed E-state index contributed by atoms with van der Waals surface area (Å²) in [7, 11) is 0. The number of hydrogen-bond acceptors (Lipinski definition) is 12. The Bertz CT molecular complexity index is 1310. The Balaban J connectivity index is 0.964. The minimum Gasteiger partial charge on any atom is -0.394 e. The van der Waals surface area contributed by atoms with Gasteiger partial charge in [-0.2, -0.15) is 0 Å². The quantitative estimate of drug-likeness (QED) is 0.206. The molecule has 0 unspecified atom stereocenters. The monoisotopic (exact) mass is 721 g/mol. The molecule has 7 N–H and O–H groups in total. The molecular weight excluding hydrogens is 658 g/mol. The molecule has 4 heterocycles. The van der Waals surface area contributed by atoms with Crippen LogP contribution in [0.5, 0.6) is 0 Å². The van der Waals surface area contributed by atoms with Gasteiger partial charge in [0, 0.05) is 12.5 Å². The van der Waals surface area contributed by atoms with E-state index >= 15 is 0 Å². The predicted octanol–water partition coefficient (Wildman–Crippen LogP) is 1.96. The van der Waals surface area contributed by atoms with Crippen LogP contribution < -0.4 is 5.32 Å². The van der Waals surface area contributed by atoms with Gasteiger partial charge in [0.05, 0.1) is 24.9 Å². The SMILES string of the molecule is C[C@@H]1CC[C@]2(NC1)O[C@@H]1C[C@H]3[C@@H]4CC=C5C[C@@H](O[C@H]6O[C@@H](CO)[C@H](O)[C@@H](O)[C@@H]6O[C@H]6O[C@@H](C)[C@H](O)[C@@H](O)[C@@H]6O)CC[C@]5(C)[C@@H]4CC[C@@]3(C)[C@@H]1[C@H]2C. The smallest absolute Gasteiger partial charge is 0.187 e. The minimum absolute atomic E-state index is 0.0659. The predicted molar refractivity (Wildman–Crippen MR) is 184 cm³/mol. The van der Waals surface area contributed by atoms with Crippen molar-refractivity contribution in [2.45, 2.75) is 172 Å². The molecule has 8 rings (SSSR count). The van der Waals surface area contributed by atoms with Crippen LogP contribution in [-0.4, -0.2) is 123 Å². The molecule has 0 aromatic carbocycles. The van der Waals surface area contributed by atoms with Gasteiger partial charge < -0.3 is 54.3 Å². The van der Waals surface area contributed by atoms with Crippen LogP contribution in [0.3, 0.4) is 0 Å². The molecule has 0 radical (unpaired) electrons. The van der Waals surface area contributed by atoms with Gasteiger partial charge in [-0.1, -0.05) is 39.3 Å². The van der Waals surface area contributed by atoms with Crippen molar-refractivity contribution >= 4 is 0 Å². The Morgan fingerprint density at radius 1 is 0.843 bits per heavy atom. The molecule has 12 heteroatoms.